The third-order valence-corrected chi connectivity index (χ3v) is 1.48. The maximum Gasteiger partial charge on any atom is 0.0831 e. The monoisotopic (exact) mass is 145 g/mol. The fraction of sp³-hybridized carbons (Fsp3) is 1.00. The standard InChI is InChI=1S/C7H15NO2/c1-6(8)4-10-7-2-3-9-5-7/h6-7H,2-5,8H2,1H3/t6-,7+/m0/s1. The molecule has 0 radical (unpaired) electrons. The summed E-state index contributed by atoms with van der Waals surface area (Å²) in [6.45, 7) is 4.17. The molecule has 60 valence electrons. The van der Waals surface area contributed by atoms with Crippen LogP contribution in [0.2, 0.25) is 0 Å². The van der Waals surface area contributed by atoms with Crippen LogP contribution in [0.15, 0.2) is 0 Å². The van der Waals surface area contributed by atoms with Crippen LogP contribution in [-0.4, -0.2) is 32.0 Å². The van der Waals surface area contributed by atoms with Gasteiger partial charge in [-0.2, -0.15) is 0 Å². The zero-order valence-electron chi connectivity index (χ0n) is 6.38. The molecular formula is C7H15NO2. The summed E-state index contributed by atoms with van der Waals surface area (Å²) in [6, 6.07) is 0.139. The Labute approximate surface area is 61.5 Å². The minimum absolute atomic E-state index is 0.139. The van der Waals surface area contributed by atoms with Crippen LogP contribution in [-0.2, 0) is 9.47 Å². The van der Waals surface area contributed by atoms with Crippen molar-refractivity contribution in [3.8, 4) is 0 Å². The molecule has 1 saturated heterocycles. The number of hydrogen-bond acceptors (Lipinski definition) is 3. The van der Waals surface area contributed by atoms with Gasteiger partial charge in [0, 0.05) is 12.6 Å². The maximum atomic E-state index is 5.50. The van der Waals surface area contributed by atoms with E-state index >= 15 is 0 Å². The van der Waals surface area contributed by atoms with E-state index in [0.717, 1.165) is 19.6 Å². The van der Waals surface area contributed by atoms with Crippen LogP contribution >= 0.6 is 0 Å². The van der Waals surface area contributed by atoms with Crippen molar-refractivity contribution in [1.82, 2.24) is 0 Å². The van der Waals surface area contributed by atoms with Crippen molar-refractivity contribution in [2.75, 3.05) is 19.8 Å². The van der Waals surface area contributed by atoms with Crippen molar-refractivity contribution in [2.24, 2.45) is 5.73 Å². The van der Waals surface area contributed by atoms with E-state index in [1.54, 1.807) is 0 Å². The van der Waals surface area contributed by atoms with Gasteiger partial charge in [-0.05, 0) is 13.3 Å². The smallest absolute Gasteiger partial charge is 0.0831 e. The van der Waals surface area contributed by atoms with Crippen molar-refractivity contribution >= 4 is 0 Å². The van der Waals surface area contributed by atoms with E-state index in [2.05, 4.69) is 0 Å². The van der Waals surface area contributed by atoms with Gasteiger partial charge in [0.15, 0.2) is 0 Å². The van der Waals surface area contributed by atoms with Crippen molar-refractivity contribution in [3.63, 3.8) is 0 Å². The Morgan fingerprint density at radius 1 is 1.80 bits per heavy atom. The second-order valence-corrected chi connectivity index (χ2v) is 2.80. The third-order valence-electron chi connectivity index (χ3n) is 1.48. The summed E-state index contributed by atoms with van der Waals surface area (Å²) in [5.74, 6) is 0. The lowest BCUT2D eigenvalue weighted by molar-refractivity contribution is 0.0373. The topological polar surface area (TPSA) is 44.5 Å². The minimum atomic E-state index is 0.139. The van der Waals surface area contributed by atoms with E-state index in [1.165, 1.54) is 0 Å². The Bertz CT molecular complexity index is 89.6. The predicted octanol–water partition coefficient (Wildman–Crippen LogP) is 0.139. The van der Waals surface area contributed by atoms with Gasteiger partial charge in [0.25, 0.3) is 0 Å². The molecule has 0 aromatic carbocycles. The molecule has 0 aromatic rings. The molecule has 0 bridgehead atoms. The van der Waals surface area contributed by atoms with Crippen LogP contribution in [0.3, 0.4) is 0 Å². The summed E-state index contributed by atoms with van der Waals surface area (Å²) in [6.07, 6.45) is 1.32. The summed E-state index contributed by atoms with van der Waals surface area (Å²) in [5.41, 5.74) is 5.50. The lowest BCUT2D eigenvalue weighted by Crippen LogP contribution is -2.26. The molecule has 1 aliphatic heterocycles. The molecule has 0 amide bonds. The quantitative estimate of drug-likeness (QED) is 0.614. The summed E-state index contributed by atoms with van der Waals surface area (Å²) in [4.78, 5) is 0. The van der Waals surface area contributed by atoms with Crippen LogP contribution in [0.5, 0.6) is 0 Å². The van der Waals surface area contributed by atoms with Crippen LogP contribution in [0, 0.1) is 0 Å². The Balaban J connectivity index is 2.01. The summed E-state index contributed by atoms with van der Waals surface area (Å²) in [5, 5.41) is 0. The van der Waals surface area contributed by atoms with Crippen molar-refractivity contribution in [1.29, 1.82) is 0 Å². The molecule has 10 heavy (non-hydrogen) atoms. The van der Waals surface area contributed by atoms with Gasteiger partial charge in [-0.1, -0.05) is 0 Å². The molecule has 1 rings (SSSR count). The van der Waals surface area contributed by atoms with Crippen LogP contribution in [0.1, 0.15) is 13.3 Å². The zero-order chi connectivity index (χ0) is 7.40. The van der Waals surface area contributed by atoms with Gasteiger partial charge < -0.3 is 15.2 Å². The number of rotatable bonds is 3. The molecular weight excluding hydrogens is 130 g/mol. The molecule has 3 nitrogen and oxygen atoms in total. The average Bonchev–Trinajstić information content (AvgIpc) is 2.34. The first-order valence-corrected chi connectivity index (χ1v) is 3.74. The highest BCUT2D eigenvalue weighted by molar-refractivity contribution is 4.64. The molecule has 1 aliphatic rings. The van der Waals surface area contributed by atoms with Gasteiger partial charge in [0.05, 0.1) is 19.3 Å². The highest BCUT2D eigenvalue weighted by Gasteiger charge is 2.15. The average molecular weight is 145 g/mol. The number of ether oxygens (including phenoxy) is 2. The predicted molar refractivity (Wildman–Crippen MR) is 38.8 cm³/mol. The normalized spacial score (nSPS) is 28.8. The van der Waals surface area contributed by atoms with Gasteiger partial charge >= 0.3 is 0 Å². The molecule has 0 unspecified atom stereocenters. The molecule has 0 spiro atoms. The lowest BCUT2D eigenvalue weighted by Gasteiger charge is -2.11. The third kappa shape index (κ3) is 2.64. The minimum Gasteiger partial charge on any atom is -0.379 e. The van der Waals surface area contributed by atoms with E-state index in [-0.39, 0.29) is 6.04 Å². The first kappa shape index (κ1) is 7.98. The van der Waals surface area contributed by atoms with Gasteiger partial charge in [-0.3, -0.25) is 0 Å². The second-order valence-electron chi connectivity index (χ2n) is 2.80. The first-order chi connectivity index (χ1) is 4.79. The fourth-order valence-electron chi connectivity index (χ4n) is 0.932. The summed E-state index contributed by atoms with van der Waals surface area (Å²) >= 11 is 0. The molecule has 1 heterocycles. The molecule has 0 aromatic heterocycles. The molecule has 2 atom stereocenters. The first-order valence-electron chi connectivity index (χ1n) is 3.74. The van der Waals surface area contributed by atoms with Crippen molar-refractivity contribution in [2.45, 2.75) is 25.5 Å². The second kappa shape index (κ2) is 3.91. The molecule has 3 heteroatoms. The Kier molecular flexibility index (Phi) is 3.12. The number of nitrogens with two attached hydrogens (primary N) is 1. The highest BCUT2D eigenvalue weighted by atomic mass is 16.5. The van der Waals surface area contributed by atoms with Gasteiger partial charge in [0.2, 0.25) is 0 Å². The van der Waals surface area contributed by atoms with E-state index in [0.29, 0.717) is 12.7 Å². The van der Waals surface area contributed by atoms with Crippen LogP contribution in [0.25, 0.3) is 0 Å². The Morgan fingerprint density at radius 2 is 2.60 bits per heavy atom. The Morgan fingerprint density at radius 3 is 3.10 bits per heavy atom. The van der Waals surface area contributed by atoms with E-state index < -0.39 is 0 Å². The summed E-state index contributed by atoms with van der Waals surface area (Å²) < 4.78 is 10.5. The van der Waals surface area contributed by atoms with Gasteiger partial charge in [0.1, 0.15) is 0 Å². The van der Waals surface area contributed by atoms with Gasteiger partial charge in [-0.15, -0.1) is 0 Å². The largest absolute Gasteiger partial charge is 0.379 e. The maximum absolute atomic E-state index is 5.50. The number of hydrogen-bond donors (Lipinski definition) is 1. The molecule has 2 N–H and O–H groups in total. The van der Waals surface area contributed by atoms with Crippen LogP contribution in [0.4, 0.5) is 0 Å². The van der Waals surface area contributed by atoms with Crippen molar-refractivity contribution < 1.29 is 9.47 Å². The van der Waals surface area contributed by atoms with Crippen molar-refractivity contribution in [3.05, 3.63) is 0 Å². The SMILES string of the molecule is C[C@H](N)CO[C@@H]1CCOC1. The highest BCUT2D eigenvalue weighted by Crippen LogP contribution is 2.07. The van der Waals surface area contributed by atoms with E-state index in [1.807, 2.05) is 6.92 Å². The van der Waals surface area contributed by atoms with E-state index in [9.17, 15) is 0 Å². The van der Waals surface area contributed by atoms with E-state index in [4.69, 9.17) is 15.2 Å². The molecule has 0 aliphatic carbocycles. The Hall–Kier alpha value is -0.120. The lowest BCUT2D eigenvalue weighted by atomic mass is 10.3. The van der Waals surface area contributed by atoms with Crippen LogP contribution < -0.4 is 5.73 Å². The molecule has 0 saturated carbocycles. The fourth-order valence-corrected chi connectivity index (χ4v) is 0.932. The summed E-state index contributed by atoms with van der Waals surface area (Å²) in [7, 11) is 0. The zero-order valence-corrected chi connectivity index (χ0v) is 6.38. The molecule has 1 fully saturated rings. The van der Waals surface area contributed by atoms with Gasteiger partial charge in [-0.25, -0.2) is 0 Å².